The van der Waals surface area contributed by atoms with E-state index in [1.165, 1.54) is 19.3 Å². The van der Waals surface area contributed by atoms with Crippen LogP contribution < -0.4 is 5.32 Å². The first-order valence-electron chi connectivity index (χ1n) is 5.84. The molecule has 0 radical (unpaired) electrons. The highest BCUT2D eigenvalue weighted by Crippen LogP contribution is 2.04. The molecule has 1 N–H and O–H groups in total. The fourth-order valence-corrected chi connectivity index (χ4v) is 1.71. The summed E-state index contributed by atoms with van der Waals surface area (Å²) >= 11 is 0. The van der Waals surface area contributed by atoms with E-state index in [0.717, 1.165) is 18.7 Å². The van der Waals surface area contributed by atoms with Crippen LogP contribution in [0.1, 0.15) is 38.8 Å². The molecule has 15 heavy (non-hydrogen) atoms. The monoisotopic (exact) mass is 210 g/mol. The summed E-state index contributed by atoms with van der Waals surface area (Å²) < 4.78 is 1.76. The van der Waals surface area contributed by atoms with Crippen molar-refractivity contribution in [2.45, 2.75) is 45.6 Å². The van der Waals surface area contributed by atoms with Gasteiger partial charge in [-0.15, -0.1) is 5.10 Å². The summed E-state index contributed by atoms with van der Waals surface area (Å²) in [5, 5.41) is 11.6. The molecule has 0 amide bonds. The lowest BCUT2D eigenvalue weighted by Gasteiger charge is -2.15. The van der Waals surface area contributed by atoms with Crippen molar-refractivity contribution in [3.8, 4) is 0 Å². The fourth-order valence-electron chi connectivity index (χ4n) is 1.71. The van der Waals surface area contributed by atoms with E-state index in [2.05, 4.69) is 29.5 Å². The molecule has 0 bridgehead atoms. The van der Waals surface area contributed by atoms with Crippen LogP contribution in [0.5, 0.6) is 0 Å². The molecule has 1 atom stereocenters. The molecule has 4 nitrogen and oxygen atoms in total. The van der Waals surface area contributed by atoms with E-state index < -0.39 is 0 Å². The number of aryl methyl sites for hydroxylation is 1. The second kappa shape index (κ2) is 6.56. The van der Waals surface area contributed by atoms with Gasteiger partial charge in [-0.05, 0) is 19.4 Å². The molecular formula is C11H22N4. The van der Waals surface area contributed by atoms with E-state index in [9.17, 15) is 0 Å². The van der Waals surface area contributed by atoms with Crippen molar-refractivity contribution in [1.82, 2.24) is 20.3 Å². The summed E-state index contributed by atoms with van der Waals surface area (Å²) in [6.45, 7) is 5.50. The Labute approximate surface area is 92.1 Å². The molecule has 0 spiro atoms. The number of rotatable bonds is 7. The van der Waals surface area contributed by atoms with Crippen molar-refractivity contribution in [2.24, 2.45) is 7.05 Å². The van der Waals surface area contributed by atoms with Gasteiger partial charge in [-0.25, -0.2) is 0 Å². The van der Waals surface area contributed by atoms with Crippen LogP contribution in [0, 0.1) is 0 Å². The zero-order valence-corrected chi connectivity index (χ0v) is 10.0. The topological polar surface area (TPSA) is 42.7 Å². The first-order chi connectivity index (χ1) is 7.26. The van der Waals surface area contributed by atoms with E-state index in [4.69, 9.17) is 0 Å². The largest absolute Gasteiger partial charge is 0.314 e. The van der Waals surface area contributed by atoms with Gasteiger partial charge in [0, 0.05) is 25.7 Å². The van der Waals surface area contributed by atoms with Crippen LogP contribution in [-0.4, -0.2) is 27.6 Å². The van der Waals surface area contributed by atoms with Gasteiger partial charge >= 0.3 is 0 Å². The molecular weight excluding hydrogens is 188 g/mol. The van der Waals surface area contributed by atoms with Crippen LogP contribution in [-0.2, 0) is 13.5 Å². The van der Waals surface area contributed by atoms with E-state index in [0.29, 0.717) is 6.04 Å². The lowest BCUT2D eigenvalue weighted by atomic mass is 10.1. The van der Waals surface area contributed by atoms with Crippen LogP contribution in [0.4, 0.5) is 0 Å². The van der Waals surface area contributed by atoms with Crippen LogP contribution >= 0.6 is 0 Å². The van der Waals surface area contributed by atoms with E-state index >= 15 is 0 Å². The lowest BCUT2D eigenvalue weighted by Crippen LogP contribution is -2.31. The Morgan fingerprint density at radius 3 is 2.73 bits per heavy atom. The van der Waals surface area contributed by atoms with Gasteiger partial charge in [0.15, 0.2) is 0 Å². The molecule has 0 aliphatic carbocycles. The quantitative estimate of drug-likeness (QED) is 0.742. The zero-order valence-electron chi connectivity index (χ0n) is 10.0. The third-order valence-electron chi connectivity index (χ3n) is 2.43. The van der Waals surface area contributed by atoms with Crippen molar-refractivity contribution in [1.29, 1.82) is 0 Å². The summed E-state index contributed by atoms with van der Waals surface area (Å²) in [5.74, 6) is 0. The minimum atomic E-state index is 0.548. The smallest absolute Gasteiger partial charge is 0.0842 e. The second-order valence-electron chi connectivity index (χ2n) is 4.03. The average molecular weight is 210 g/mol. The van der Waals surface area contributed by atoms with Crippen LogP contribution in [0.25, 0.3) is 0 Å². The molecule has 0 aliphatic heterocycles. The van der Waals surface area contributed by atoms with Gasteiger partial charge in [0.05, 0.1) is 5.69 Å². The normalized spacial score (nSPS) is 13.0. The lowest BCUT2D eigenvalue weighted by molar-refractivity contribution is 0.469. The highest BCUT2D eigenvalue weighted by atomic mass is 15.4. The molecule has 1 rings (SSSR count). The molecule has 0 aliphatic rings. The first-order valence-corrected chi connectivity index (χ1v) is 5.84. The maximum atomic E-state index is 4.12. The predicted molar refractivity (Wildman–Crippen MR) is 61.7 cm³/mol. The molecule has 1 heterocycles. The molecule has 0 fully saturated rings. The van der Waals surface area contributed by atoms with Crippen LogP contribution in [0.15, 0.2) is 6.20 Å². The van der Waals surface area contributed by atoms with Gasteiger partial charge < -0.3 is 5.32 Å². The second-order valence-corrected chi connectivity index (χ2v) is 4.03. The molecule has 0 saturated heterocycles. The van der Waals surface area contributed by atoms with Crippen molar-refractivity contribution in [3.05, 3.63) is 11.9 Å². The third-order valence-corrected chi connectivity index (χ3v) is 2.43. The Kier molecular flexibility index (Phi) is 5.32. The summed E-state index contributed by atoms with van der Waals surface area (Å²) in [6, 6.07) is 0.548. The maximum absolute atomic E-state index is 4.12. The number of nitrogens with one attached hydrogen (secondary N) is 1. The molecule has 1 unspecified atom stereocenters. The SMILES string of the molecule is CCCNC(CCC)Cc1cn(C)nn1. The highest BCUT2D eigenvalue weighted by molar-refractivity contribution is 4.95. The molecule has 86 valence electrons. The van der Waals surface area contributed by atoms with Gasteiger partial charge in [0.2, 0.25) is 0 Å². The fraction of sp³-hybridized carbons (Fsp3) is 0.818. The van der Waals surface area contributed by atoms with E-state index in [-0.39, 0.29) is 0 Å². The van der Waals surface area contributed by atoms with E-state index in [1.807, 2.05) is 13.2 Å². The van der Waals surface area contributed by atoms with Gasteiger partial charge in [0.25, 0.3) is 0 Å². The van der Waals surface area contributed by atoms with Crippen LogP contribution in [0.3, 0.4) is 0 Å². The molecule has 0 aromatic carbocycles. The average Bonchev–Trinajstić information content (AvgIpc) is 2.61. The Morgan fingerprint density at radius 2 is 2.20 bits per heavy atom. The van der Waals surface area contributed by atoms with Crippen molar-refractivity contribution < 1.29 is 0 Å². The summed E-state index contributed by atoms with van der Waals surface area (Å²) in [5.41, 5.74) is 1.08. The predicted octanol–water partition coefficient (Wildman–Crippen LogP) is 1.53. The van der Waals surface area contributed by atoms with Gasteiger partial charge in [-0.2, -0.15) is 0 Å². The summed E-state index contributed by atoms with van der Waals surface area (Å²) in [4.78, 5) is 0. The number of hydrogen-bond acceptors (Lipinski definition) is 3. The minimum absolute atomic E-state index is 0.548. The Balaban J connectivity index is 2.42. The molecule has 1 aromatic rings. The third kappa shape index (κ3) is 4.42. The maximum Gasteiger partial charge on any atom is 0.0842 e. The van der Waals surface area contributed by atoms with Crippen LogP contribution in [0.2, 0.25) is 0 Å². The highest BCUT2D eigenvalue weighted by Gasteiger charge is 2.09. The minimum Gasteiger partial charge on any atom is -0.314 e. The summed E-state index contributed by atoms with van der Waals surface area (Å²) in [6.07, 6.45) is 6.58. The molecule has 4 heteroatoms. The Bertz CT molecular complexity index is 269. The van der Waals surface area contributed by atoms with Gasteiger partial charge in [-0.3, -0.25) is 4.68 Å². The van der Waals surface area contributed by atoms with Gasteiger partial charge in [-0.1, -0.05) is 25.5 Å². The number of aromatic nitrogens is 3. The standard InChI is InChI=1S/C11H22N4/c1-4-6-10(12-7-5-2)8-11-9-15(3)14-13-11/h9-10,12H,4-8H2,1-3H3. The van der Waals surface area contributed by atoms with Gasteiger partial charge in [0.1, 0.15) is 0 Å². The van der Waals surface area contributed by atoms with Crippen molar-refractivity contribution >= 4 is 0 Å². The summed E-state index contributed by atoms with van der Waals surface area (Å²) in [7, 11) is 1.91. The molecule has 0 saturated carbocycles. The zero-order chi connectivity index (χ0) is 11.1. The van der Waals surface area contributed by atoms with Crippen molar-refractivity contribution in [3.63, 3.8) is 0 Å². The Morgan fingerprint density at radius 1 is 1.40 bits per heavy atom. The number of nitrogens with zero attached hydrogens (tertiary/aromatic N) is 3. The first kappa shape index (κ1) is 12.2. The van der Waals surface area contributed by atoms with E-state index in [1.54, 1.807) is 4.68 Å². The number of hydrogen-bond donors (Lipinski definition) is 1. The molecule has 1 aromatic heterocycles. The Hall–Kier alpha value is -0.900. The van der Waals surface area contributed by atoms with Crippen molar-refractivity contribution in [2.75, 3.05) is 6.54 Å².